The van der Waals surface area contributed by atoms with Crippen LogP contribution in [0.2, 0.25) is 0 Å². The number of hydrogen-bond donors (Lipinski definition) is 1. The van der Waals surface area contributed by atoms with Gasteiger partial charge in [0.25, 0.3) is 0 Å². The molecule has 1 saturated heterocycles. The number of aromatic nitrogens is 1. The summed E-state index contributed by atoms with van der Waals surface area (Å²) >= 11 is 1.68. The van der Waals surface area contributed by atoms with E-state index >= 15 is 0 Å². The Morgan fingerprint density at radius 3 is 2.55 bits per heavy atom. The number of nitrogens with zero attached hydrogens (tertiary/aromatic N) is 2. The lowest BCUT2D eigenvalue weighted by atomic mass is 10.0. The van der Waals surface area contributed by atoms with Crippen molar-refractivity contribution in [2.24, 2.45) is 0 Å². The highest BCUT2D eigenvalue weighted by Gasteiger charge is 2.27. The molecule has 1 aromatic heterocycles. The molecule has 1 atom stereocenters. The fourth-order valence-electron chi connectivity index (χ4n) is 3.80. The number of thiazole rings is 1. The second-order valence-corrected chi connectivity index (χ2v) is 8.52. The quantitative estimate of drug-likeness (QED) is 0.486. The molecule has 1 aliphatic rings. The lowest BCUT2D eigenvalue weighted by Crippen LogP contribution is -2.44. The van der Waals surface area contributed by atoms with Crippen LogP contribution in [0.5, 0.6) is 0 Å². The number of carbonyl (C=O) groups excluding carboxylic acids is 1. The molecule has 2 heterocycles. The van der Waals surface area contributed by atoms with Gasteiger partial charge in [-0.3, -0.25) is 4.79 Å². The number of morpholine rings is 1. The molecule has 1 aliphatic heterocycles. The van der Waals surface area contributed by atoms with Crippen LogP contribution in [0, 0.1) is 0 Å². The number of ether oxygens (including phenoxy) is 1. The smallest absolute Gasteiger partial charge is 0.249 e. The van der Waals surface area contributed by atoms with E-state index in [1.54, 1.807) is 11.3 Å². The molecule has 0 bridgehead atoms. The summed E-state index contributed by atoms with van der Waals surface area (Å²) in [5.41, 5.74) is 3.89. The highest BCUT2D eigenvalue weighted by molar-refractivity contribution is 7.21. The van der Waals surface area contributed by atoms with Gasteiger partial charge in [0.05, 0.1) is 23.4 Å². The molecule has 1 N–H and O–H groups in total. The number of amides is 1. The minimum absolute atomic E-state index is 0.0693. The maximum absolute atomic E-state index is 13.4. The molecule has 3 aromatic carbocycles. The third-order valence-corrected chi connectivity index (χ3v) is 6.50. The van der Waals surface area contributed by atoms with Gasteiger partial charge in [0, 0.05) is 24.3 Å². The lowest BCUT2D eigenvalue weighted by molar-refractivity contribution is -0.136. The average Bonchev–Trinajstić information content (AvgIpc) is 3.28. The Kier molecular flexibility index (Phi) is 5.65. The summed E-state index contributed by atoms with van der Waals surface area (Å²) in [5, 5.41) is 4.45. The number of hydrogen-bond acceptors (Lipinski definition) is 5. The van der Waals surface area contributed by atoms with E-state index in [4.69, 9.17) is 9.72 Å². The summed E-state index contributed by atoms with van der Waals surface area (Å²) in [5.74, 6) is 0.0693. The van der Waals surface area contributed by atoms with Crippen molar-refractivity contribution in [3.63, 3.8) is 0 Å². The van der Waals surface area contributed by atoms with Crippen molar-refractivity contribution in [2.45, 2.75) is 6.04 Å². The van der Waals surface area contributed by atoms with Crippen molar-refractivity contribution in [3.05, 3.63) is 84.4 Å². The summed E-state index contributed by atoms with van der Waals surface area (Å²) < 4.78 is 6.59. The Hall–Kier alpha value is -3.22. The molecule has 5 rings (SSSR count). The standard InChI is InChI=1S/C25H23N3O2S/c29-25(28-13-15-30-16-14-28)23(18-7-2-1-3-8-18)26-20-10-6-9-19(17-20)24-27-21-11-4-5-12-22(21)31-24/h1-12,17,23,26H,13-16H2/t23-/m1/s1. The fraction of sp³-hybridized carbons (Fsp3) is 0.200. The van der Waals surface area contributed by atoms with Crippen molar-refractivity contribution in [1.82, 2.24) is 9.88 Å². The number of carbonyl (C=O) groups is 1. The molecule has 1 fully saturated rings. The first kappa shape index (κ1) is 19.7. The van der Waals surface area contributed by atoms with E-state index in [-0.39, 0.29) is 5.91 Å². The van der Waals surface area contributed by atoms with Crippen LogP contribution in [-0.2, 0) is 9.53 Å². The first-order valence-corrected chi connectivity index (χ1v) is 11.2. The highest BCUT2D eigenvalue weighted by atomic mass is 32.1. The SMILES string of the molecule is O=C([C@H](Nc1cccc(-c2nc3ccccc3s2)c1)c1ccccc1)N1CCOCC1. The summed E-state index contributed by atoms with van der Waals surface area (Å²) in [6, 6.07) is 25.7. The molecule has 1 amide bonds. The first-order chi connectivity index (χ1) is 15.3. The van der Waals surface area contributed by atoms with Crippen molar-refractivity contribution >= 4 is 33.1 Å². The highest BCUT2D eigenvalue weighted by Crippen LogP contribution is 2.32. The maximum Gasteiger partial charge on any atom is 0.249 e. The zero-order valence-electron chi connectivity index (χ0n) is 17.0. The molecule has 5 nitrogen and oxygen atoms in total. The molecule has 4 aromatic rings. The van der Waals surface area contributed by atoms with Crippen LogP contribution < -0.4 is 5.32 Å². The largest absolute Gasteiger partial charge is 0.378 e. The number of rotatable bonds is 5. The fourth-order valence-corrected chi connectivity index (χ4v) is 4.77. The Bertz CT molecular complexity index is 1150. The van der Waals surface area contributed by atoms with Crippen molar-refractivity contribution in [1.29, 1.82) is 0 Å². The summed E-state index contributed by atoms with van der Waals surface area (Å²) in [7, 11) is 0. The Balaban J connectivity index is 1.45. The summed E-state index contributed by atoms with van der Waals surface area (Å²) in [6.45, 7) is 2.41. The number of benzene rings is 3. The van der Waals surface area contributed by atoms with E-state index in [9.17, 15) is 4.79 Å². The normalized spacial score (nSPS) is 15.0. The van der Waals surface area contributed by atoms with Crippen LogP contribution in [0.3, 0.4) is 0 Å². The van der Waals surface area contributed by atoms with Gasteiger partial charge < -0.3 is 15.0 Å². The molecular formula is C25H23N3O2S. The van der Waals surface area contributed by atoms with Crippen molar-refractivity contribution in [2.75, 3.05) is 31.6 Å². The van der Waals surface area contributed by atoms with Crippen LogP contribution in [0.15, 0.2) is 78.9 Å². The van der Waals surface area contributed by atoms with Crippen LogP contribution >= 0.6 is 11.3 Å². The molecule has 156 valence electrons. The Morgan fingerprint density at radius 2 is 1.74 bits per heavy atom. The first-order valence-electron chi connectivity index (χ1n) is 10.4. The van der Waals surface area contributed by atoms with Crippen LogP contribution in [0.1, 0.15) is 11.6 Å². The van der Waals surface area contributed by atoms with Crippen molar-refractivity contribution < 1.29 is 9.53 Å². The molecule has 0 aliphatic carbocycles. The average molecular weight is 430 g/mol. The van der Waals surface area contributed by atoms with E-state index in [1.807, 2.05) is 65.6 Å². The molecule has 31 heavy (non-hydrogen) atoms. The summed E-state index contributed by atoms with van der Waals surface area (Å²) in [4.78, 5) is 20.0. The minimum atomic E-state index is -0.454. The molecule has 0 spiro atoms. The van der Waals surface area contributed by atoms with Crippen LogP contribution in [-0.4, -0.2) is 42.1 Å². The van der Waals surface area contributed by atoms with Gasteiger partial charge in [-0.1, -0.05) is 54.6 Å². The van der Waals surface area contributed by atoms with Gasteiger partial charge in [0.15, 0.2) is 0 Å². The number of fused-ring (bicyclic) bond motifs is 1. The molecular weight excluding hydrogens is 406 g/mol. The van der Waals surface area contributed by atoms with E-state index in [0.29, 0.717) is 26.3 Å². The van der Waals surface area contributed by atoms with Crippen LogP contribution in [0.4, 0.5) is 5.69 Å². The molecule has 0 saturated carbocycles. The zero-order valence-corrected chi connectivity index (χ0v) is 17.8. The van der Waals surface area contributed by atoms with E-state index in [2.05, 4.69) is 23.5 Å². The summed E-state index contributed by atoms with van der Waals surface area (Å²) in [6.07, 6.45) is 0. The second-order valence-electron chi connectivity index (χ2n) is 7.49. The minimum Gasteiger partial charge on any atom is -0.378 e. The van der Waals surface area contributed by atoms with Gasteiger partial charge in [0.2, 0.25) is 5.91 Å². The van der Waals surface area contributed by atoms with Crippen molar-refractivity contribution in [3.8, 4) is 10.6 Å². The monoisotopic (exact) mass is 429 g/mol. The number of nitrogens with one attached hydrogen (secondary N) is 1. The van der Waals surface area contributed by atoms with E-state index < -0.39 is 6.04 Å². The van der Waals surface area contributed by atoms with Crippen LogP contribution in [0.25, 0.3) is 20.8 Å². The number of para-hydroxylation sites is 1. The van der Waals surface area contributed by atoms with Gasteiger partial charge >= 0.3 is 0 Å². The van der Waals surface area contributed by atoms with E-state index in [1.165, 1.54) is 4.70 Å². The predicted molar refractivity (Wildman–Crippen MR) is 125 cm³/mol. The molecule has 0 unspecified atom stereocenters. The Morgan fingerprint density at radius 1 is 0.968 bits per heavy atom. The third kappa shape index (κ3) is 4.31. The third-order valence-electron chi connectivity index (χ3n) is 5.42. The Labute approximate surface area is 185 Å². The lowest BCUT2D eigenvalue weighted by Gasteiger charge is -2.31. The molecule has 6 heteroatoms. The number of anilines is 1. The van der Waals surface area contributed by atoms with Gasteiger partial charge in [0.1, 0.15) is 11.0 Å². The molecule has 0 radical (unpaired) electrons. The van der Waals surface area contributed by atoms with Gasteiger partial charge in [-0.15, -0.1) is 11.3 Å². The van der Waals surface area contributed by atoms with Gasteiger partial charge in [-0.05, 0) is 29.8 Å². The van der Waals surface area contributed by atoms with Gasteiger partial charge in [-0.2, -0.15) is 0 Å². The zero-order chi connectivity index (χ0) is 21.0. The second kappa shape index (κ2) is 8.88. The van der Waals surface area contributed by atoms with E-state index in [0.717, 1.165) is 27.3 Å². The maximum atomic E-state index is 13.4. The predicted octanol–water partition coefficient (Wildman–Crippen LogP) is 4.98. The topological polar surface area (TPSA) is 54.5 Å². The van der Waals surface area contributed by atoms with Gasteiger partial charge in [-0.25, -0.2) is 4.98 Å².